The minimum atomic E-state index is -0.477. The first-order valence-electron chi connectivity index (χ1n) is 3.69. The summed E-state index contributed by atoms with van der Waals surface area (Å²) in [6.45, 7) is 6.10. The van der Waals surface area contributed by atoms with E-state index in [1.54, 1.807) is 0 Å². The lowest BCUT2D eigenvalue weighted by Crippen LogP contribution is -2.45. The predicted octanol–water partition coefficient (Wildman–Crippen LogP) is -0.0516. The zero-order chi connectivity index (χ0) is 8.85. The van der Waals surface area contributed by atoms with Crippen molar-refractivity contribution >= 4 is 11.7 Å². The molecule has 4 heteroatoms. The van der Waals surface area contributed by atoms with Gasteiger partial charge < -0.3 is 0 Å². The van der Waals surface area contributed by atoms with Gasteiger partial charge in [0.05, 0.1) is 0 Å². The van der Waals surface area contributed by atoms with Crippen LogP contribution in [-0.4, -0.2) is 29.8 Å². The second-order valence-electron chi connectivity index (χ2n) is 2.12. The highest BCUT2D eigenvalue weighted by Crippen LogP contribution is 1.84. The number of hydrogen-bond donors (Lipinski definition) is 1. The van der Waals surface area contributed by atoms with Crippen molar-refractivity contribution in [2.75, 3.05) is 13.1 Å². The molecular weight excluding hydrogens is 144 g/mol. The van der Waals surface area contributed by atoms with Crippen LogP contribution in [0.5, 0.6) is 0 Å². The Balaban J connectivity index is 4.02. The Morgan fingerprint density at radius 2 is 1.91 bits per heavy atom. The summed E-state index contributed by atoms with van der Waals surface area (Å²) in [5, 5.41) is 1.31. The Labute approximate surface area is 66.5 Å². The maximum absolute atomic E-state index is 11.0. The first-order valence-corrected chi connectivity index (χ1v) is 3.69. The van der Waals surface area contributed by atoms with Gasteiger partial charge in [-0.3, -0.25) is 14.6 Å². The molecule has 0 aromatic heterocycles. The summed E-state index contributed by atoms with van der Waals surface area (Å²) in [5.41, 5.74) is 2.78. The number of likely N-dealkylation sites (N-methyl/N-ethyl adjacent to an activating group) is 1. The number of Topliss-reactive ketones (excluding diaryl/α,β-unsaturated/α-hetero) is 1. The SMILES string of the molecule is CCNN(CC)C(=O)C(C)=O. The smallest absolute Gasteiger partial charge is 0.289 e. The molecule has 0 aliphatic carbocycles. The molecule has 0 radical (unpaired) electrons. The van der Waals surface area contributed by atoms with Crippen LogP contribution in [0.4, 0.5) is 0 Å². The van der Waals surface area contributed by atoms with Crippen molar-refractivity contribution in [2.24, 2.45) is 0 Å². The second-order valence-corrected chi connectivity index (χ2v) is 2.12. The third-order valence-corrected chi connectivity index (χ3v) is 1.21. The van der Waals surface area contributed by atoms with Gasteiger partial charge in [0.15, 0.2) is 0 Å². The van der Waals surface area contributed by atoms with Crippen molar-refractivity contribution in [1.29, 1.82) is 0 Å². The van der Waals surface area contributed by atoms with Crippen molar-refractivity contribution in [3.63, 3.8) is 0 Å². The fraction of sp³-hybridized carbons (Fsp3) is 0.714. The first-order chi connectivity index (χ1) is 5.13. The molecule has 0 rings (SSSR count). The molecule has 0 spiro atoms. The molecule has 0 bridgehead atoms. The lowest BCUT2D eigenvalue weighted by Gasteiger charge is -2.18. The van der Waals surface area contributed by atoms with Gasteiger partial charge in [-0.05, 0) is 6.92 Å². The van der Waals surface area contributed by atoms with Gasteiger partial charge in [-0.25, -0.2) is 5.43 Å². The second kappa shape index (κ2) is 4.85. The molecule has 1 N–H and O–H groups in total. The molecule has 0 aliphatic rings. The molecule has 0 saturated heterocycles. The number of ketones is 1. The zero-order valence-corrected chi connectivity index (χ0v) is 7.18. The van der Waals surface area contributed by atoms with Gasteiger partial charge in [-0.1, -0.05) is 6.92 Å². The van der Waals surface area contributed by atoms with E-state index in [-0.39, 0.29) is 0 Å². The summed E-state index contributed by atoms with van der Waals surface area (Å²) in [7, 11) is 0. The van der Waals surface area contributed by atoms with Crippen LogP contribution in [0.25, 0.3) is 0 Å². The average Bonchev–Trinajstić information content (AvgIpc) is 1.98. The van der Waals surface area contributed by atoms with Gasteiger partial charge in [-0.2, -0.15) is 0 Å². The van der Waals surface area contributed by atoms with Gasteiger partial charge >= 0.3 is 5.91 Å². The fourth-order valence-electron chi connectivity index (χ4n) is 0.708. The number of amides is 1. The highest BCUT2D eigenvalue weighted by atomic mass is 16.2. The van der Waals surface area contributed by atoms with Crippen LogP contribution in [0, 0.1) is 0 Å². The van der Waals surface area contributed by atoms with Crippen LogP contribution >= 0.6 is 0 Å². The Morgan fingerprint density at radius 1 is 1.36 bits per heavy atom. The third-order valence-electron chi connectivity index (χ3n) is 1.21. The van der Waals surface area contributed by atoms with E-state index < -0.39 is 11.7 Å². The molecule has 0 aromatic carbocycles. The normalized spacial score (nSPS) is 9.36. The lowest BCUT2D eigenvalue weighted by atomic mass is 10.4. The van der Waals surface area contributed by atoms with E-state index in [2.05, 4.69) is 5.43 Å². The number of rotatable bonds is 4. The van der Waals surface area contributed by atoms with Crippen molar-refractivity contribution in [1.82, 2.24) is 10.4 Å². The number of hydrogen-bond acceptors (Lipinski definition) is 3. The number of carbonyl (C=O) groups is 2. The summed E-state index contributed by atoms with van der Waals surface area (Å²) in [6.07, 6.45) is 0. The quantitative estimate of drug-likeness (QED) is 0.461. The number of hydrazine groups is 1. The van der Waals surface area contributed by atoms with E-state index in [0.29, 0.717) is 13.1 Å². The number of nitrogens with zero attached hydrogens (tertiary/aromatic N) is 1. The molecule has 4 nitrogen and oxygen atoms in total. The molecule has 1 amide bonds. The number of nitrogens with one attached hydrogen (secondary N) is 1. The molecule has 0 aliphatic heterocycles. The Morgan fingerprint density at radius 3 is 2.18 bits per heavy atom. The van der Waals surface area contributed by atoms with E-state index in [1.165, 1.54) is 11.9 Å². The molecule has 0 atom stereocenters. The minimum Gasteiger partial charge on any atom is -0.289 e. The van der Waals surface area contributed by atoms with E-state index in [0.717, 1.165) is 0 Å². The van der Waals surface area contributed by atoms with Crippen LogP contribution in [0.3, 0.4) is 0 Å². The van der Waals surface area contributed by atoms with Gasteiger partial charge in [-0.15, -0.1) is 0 Å². The highest BCUT2D eigenvalue weighted by molar-refractivity contribution is 6.34. The Kier molecular flexibility index (Phi) is 4.45. The Hall–Kier alpha value is -0.900. The third kappa shape index (κ3) is 3.13. The topological polar surface area (TPSA) is 49.4 Å². The van der Waals surface area contributed by atoms with Crippen molar-refractivity contribution in [2.45, 2.75) is 20.8 Å². The van der Waals surface area contributed by atoms with Gasteiger partial charge in [0.25, 0.3) is 0 Å². The summed E-state index contributed by atoms with van der Waals surface area (Å²) < 4.78 is 0. The van der Waals surface area contributed by atoms with Crippen molar-refractivity contribution in [3.8, 4) is 0 Å². The summed E-state index contributed by atoms with van der Waals surface area (Å²) in [5.74, 6) is -0.915. The molecule has 64 valence electrons. The number of carbonyl (C=O) groups excluding carboxylic acids is 2. The lowest BCUT2D eigenvalue weighted by molar-refractivity contribution is -0.145. The molecule has 0 aromatic rings. The van der Waals surface area contributed by atoms with E-state index in [4.69, 9.17) is 0 Å². The molecular formula is C7H14N2O2. The average molecular weight is 158 g/mol. The molecule has 11 heavy (non-hydrogen) atoms. The molecule has 0 heterocycles. The molecule has 0 saturated carbocycles. The summed E-state index contributed by atoms with van der Waals surface area (Å²) in [6, 6.07) is 0. The van der Waals surface area contributed by atoms with E-state index in [1.807, 2.05) is 13.8 Å². The van der Waals surface area contributed by atoms with Gasteiger partial charge in [0, 0.05) is 20.0 Å². The maximum atomic E-state index is 11.0. The van der Waals surface area contributed by atoms with E-state index in [9.17, 15) is 9.59 Å². The maximum Gasteiger partial charge on any atom is 0.303 e. The highest BCUT2D eigenvalue weighted by Gasteiger charge is 2.14. The molecule has 0 fully saturated rings. The monoisotopic (exact) mass is 158 g/mol. The standard InChI is InChI=1S/C7H14N2O2/c1-4-8-9(5-2)7(11)6(3)10/h8H,4-5H2,1-3H3. The van der Waals surface area contributed by atoms with Crippen molar-refractivity contribution < 1.29 is 9.59 Å². The Bertz CT molecular complexity index is 157. The summed E-state index contributed by atoms with van der Waals surface area (Å²) in [4.78, 5) is 21.6. The van der Waals surface area contributed by atoms with Gasteiger partial charge in [0.2, 0.25) is 5.78 Å². The fourth-order valence-corrected chi connectivity index (χ4v) is 0.708. The van der Waals surface area contributed by atoms with Crippen LogP contribution in [0.1, 0.15) is 20.8 Å². The minimum absolute atomic E-state index is 0.437. The van der Waals surface area contributed by atoms with Crippen LogP contribution in [0.2, 0.25) is 0 Å². The van der Waals surface area contributed by atoms with Crippen LogP contribution < -0.4 is 5.43 Å². The first kappa shape index (κ1) is 10.1. The van der Waals surface area contributed by atoms with Crippen molar-refractivity contribution in [3.05, 3.63) is 0 Å². The largest absolute Gasteiger partial charge is 0.303 e. The van der Waals surface area contributed by atoms with Gasteiger partial charge in [0.1, 0.15) is 0 Å². The predicted molar refractivity (Wildman–Crippen MR) is 41.7 cm³/mol. The van der Waals surface area contributed by atoms with E-state index >= 15 is 0 Å². The summed E-state index contributed by atoms with van der Waals surface area (Å²) >= 11 is 0. The zero-order valence-electron chi connectivity index (χ0n) is 7.18. The van der Waals surface area contributed by atoms with Crippen LogP contribution in [-0.2, 0) is 9.59 Å². The van der Waals surface area contributed by atoms with Crippen LogP contribution in [0.15, 0.2) is 0 Å². The molecule has 0 unspecified atom stereocenters.